The molecule has 3 nitrogen and oxygen atoms in total. The number of hydrogen-bond acceptors (Lipinski definition) is 2. The average Bonchev–Trinajstić information content (AvgIpc) is 2.71. The molecule has 0 bridgehead atoms. The Morgan fingerprint density at radius 2 is 2.12 bits per heavy atom. The van der Waals surface area contributed by atoms with Crippen LogP contribution in [0.2, 0.25) is 10.0 Å². The van der Waals surface area contributed by atoms with E-state index in [9.17, 15) is 5.11 Å². The van der Waals surface area contributed by atoms with Crippen LogP contribution in [0.3, 0.4) is 0 Å². The first-order valence-corrected chi connectivity index (χ1v) is 5.94. The second-order valence-corrected chi connectivity index (χ2v) is 4.60. The molecule has 5 heteroatoms. The van der Waals surface area contributed by atoms with Crippen molar-refractivity contribution in [2.75, 3.05) is 0 Å². The van der Waals surface area contributed by atoms with E-state index >= 15 is 0 Å². The van der Waals surface area contributed by atoms with Crippen LogP contribution in [0.15, 0.2) is 30.5 Å². The van der Waals surface area contributed by atoms with E-state index in [1.807, 2.05) is 12.1 Å². The lowest BCUT2D eigenvalue weighted by Crippen LogP contribution is -2.08. The number of aromatic nitrogens is 2. The number of nitrogens with zero attached hydrogens (tertiary/aromatic N) is 2. The van der Waals surface area contributed by atoms with Gasteiger partial charge in [-0.1, -0.05) is 35.3 Å². The number of aliphatic hydroxyl groups excluding tert-OH is 1. The number of hydrogen-bond donors (Lipinski definition) is 1. The molecule has 1 N–H and O–H groups in total. The van der Waals surface area contributed by atoms with Crippen LogP contribution < -0.4 is 0 Å². The summed E-state index contributed by atoms with van der Waals surface area (Å²) in [4.78, 5) is 0. The van der Waals surface area contributed by atoms with Crippen molar-refractivity contribution >= 4 is 23.2 Å². The summed E-state index contributed by atoms with van der Waals surface area (Å²) in [5, 5.41) is 15.1. The van der Waals surface area contributed by atoms with Crippen LogP contribution in [0.25, 0.3) is 0 Å². The van der Waals surface area contributed by atoms with Gasteiger partial charge < -0.3 is 5.11 Å². The van der Waals surface area contributed by atoms with Gasteiger partial charge in [-0.2, -0.15) is 5.10 Å². The molecule has 2 rings (SSSR count). The zero-order valence-electron chi connectivity index (χ0n) is 9.27. The van der Waals surface area contributed by atoms with Crippen molar-refractivity contribution in [1.82, 2.24) is 9.78 Å². The number of halogens is 2. The number of aryl methyl sites for hydroxylation is 1. The van der Waals surface area contributed by atoms with Crippen LogP contribution in [0.1, 0.15) is 17.4 Å². The van der Waals surface area contributed by atoms with Gasteiger partial charge in [0.25, 0.3) is 0 Å². The van der Waals surface area contributed by atoms with Gasteiger partial charge in [-0.25, -0.2) is 0 Å². The molecule has 0 aliphatic rings. The highest BCUT2D eigenvalue weighted by Gasteiger charge is 2.14. The Morgan fingerprint density at radius 3 is 2.76 bits per heavy atom. The van der Waals surface area contributed by atoms with E-state index in [-0.39, 0.29) is 0 Å². The fraction of sp³-hybridized carbons (Fsp3) is 0.250. The topological polar surface area (TPSA) is 38.0 Å². The smallest absolute Gasteiger partial charge is 0.0997 e. The molecule has 2 aromatic rings. The van der Waals surface area contributed by atoms with Crippen molar-refractivity contribution in [3.8, 4) is 0 Å². The fourth-order valence-corrected chi connectivity index (χ4v) is 2.13. The van der Waals surface area contributed by atoms with Gasteiger partial charge in [0.05, 0.1) is 21.8 Å². The maximum absolute atomic E-state index is 10.1. The number of aliphatic hydroxyl groups is 1. The molecule has 0 fully saturated rings. The Bertz CT molecular complexity index is 525. The van der Waals surface area contributed by atoms with E-state index in [0.717, 1.165) is 11.3 Å². The Hall–Kier alpha value is -1.03. The van der Waals surface area contributed by atoms with Crippen molar-refractivity contribution in [3.63, 3.8) is 0 Å². The Labute approximate surface area is 110 Å². The molecule has 1 heterocycles. The van der Waals surface area contributed by atoms with Crippen molar-refractivity contribution in [2.45, 2.75) is 12.5 Å². The summed E-state index contributed by atoms with van der Waals surface area (Å²) < 4.78 is 1.64. The third kappa shape index (κ3) is 2.63. The van der Waals surface area contributed by atoms with E-state index in [1.54, 1.807) is 30.1 Å². The zero-order valence-corrected chi connectivity index (χ0v) is 10.8. The average molecular weight is 271 g/mol. The Kier molecular flexibility index (Phi) is 3.72. The highest BCUT2D eigenvalue weighted by Crippen LogP contribution is 2.28. The van der Waals surface area contributed by atoms with Crippen LogP contribution in [-0.2, 0) is 13.5 Å². The summed E-state index contributed by atoms with van der Waals surface area (Å²) in [5.74, 6) is 0. The number of rotatable bonds is 3. The van der Waals surface area contributed by atoms with Gasteiger partial charge in [-0.05, 0) is 17.7 Å². The first-order valence-electron chi connectivity index (χ1n) is 5.18. The first-order chi connectivity index (χ1) is 8.09. The summed E-state index contributed by atoms with van der Waals surface area (Å²) in [6.45, 7) is 0. The third-order valence-electron chi connectivity index (χ3n) is 2.65. The standard InChI is InChI=1S/C12H12Cl2N2O/c1-16-10(5-6-15-16)11(17)7-8-3-2-4-9(13)12(8)14/h2-6,11,17H,7H2,1H3. The lowest BCUT2D eigenvalue weighted by Gasteiger charge is -2.12. The van der Waals surface area contributed by atoms with E-state index in [2.05, 4.69) is 5.10 Å². The summed E-state index contributed by atoms with van der Waals surface area (Å²) in [7, 11) is 1.79. The molecule has 1 atom stereocenters. The molecule has 0 saturated carbocycles. The molecular formula is C12H12Cl2N2O. The third-order valence-corrected chi connectivity index (χ3v) is 3.50. The van der Waals surface area contributed by atoms with Crippen molar-refractivity contribution < 1.29 is 5.11 Å². The van der Waals surface area contributed by atoms with Crippen LogP contribution >= 0.6 is 23.2 Å². The lowest BCUT2D eigenvalue weighted by atomic mass is 10.1. The molecule has 1 unspecified atom stereocenters. The SMILES string of the molecule is Cn1nccc1C(O)Cc1cccc(Cl)c1Cl. The molecule has 1 aromatic heterocycles. The molecule has 0 aliphatic carbocycles. The van der Waals surface area contributed by atoms with Gasteiger partial charge in [-0.15, -0.1) is 0 Å². The molecule has 0 aliphatic heterocycles. The first kappa shape index (κ1) is 12.4. The highest BCUT2D eigenvalue weighted by atomic mass is 35.5. The minimum absolute atomic E-state index is 0.416. The van der Waals surface area contributed by atoms with Gasteiger partial charge in [0.1, 0.15) is 0 Å². The second-order valence-electron chi connectivity index (χ2n) is 3.81. The molecule has 0 amide bonds. The largest absolute Gasteiger partial charge is 0.386 e. The van der Waals surface area contributed by atoms with Gasteiger partial charge >= 0.3 is 0 Å². The lowest BCUT2D eigenvalue weighted by molar-refractivity contribution is 0.168. The van der Waals surface area contributed by atoms with Crippen LogP contribution in [0.5, 0.6) is 0 Å². The van der Waals surface area contributed by atoms with Gasteiger partial charge in [0, 0.05) is 19.7 Å². The van der Waals surface area contributed by atoms with Crippen LogP contribution in [-0.4, -0.2) is 14.9 Å². The molecule has 17 heavy (non-hydrogen) atoms. The van der Waals surface area contributed by atoms with Gasteiger partial charge in [0.15, 0.2) is 0 Å². The van der Waals surface area contributed by atoms with Crippen molar-refractivity contribution in [1.29, 1.82) is 0 Å². The predicted molar refractivity (Wildman–Crippen MR) is 68.3 cm³/mol. The zero-order chi connectivity index (χ0) is 12.4. The van der Waals surface area contributed by atoms with Gasteiger partial charge in [0.2, 0.25) is 0 Å². The minimum Gasteiger partial charge on any atom is -0.386 e. The van der Waals surface area contributed by atoms with Crippen LogP contribution in [0, 0.1) is 0 Å². The predicted octanol–water partition coefficient (Wildman–Crippen LogP) is 3.00. The van der Waals surface area contributed by atoms with Gasteiger partial charge in [-0.3, -0.25) is 4.68 Å². The van der Waals surface area contributed by atoms with E-state index in [0.29, 0.717) is 16.5 Å². The highest BCUT2D eigenvalue weighted by molar-refractivity contribution is 6.42. The summed E-state index contributed by atoms with van der Waals surface area (Å²) in [6, 6.07) is 7.18. The van der Waals surface area contributed by atoms with Crippen molar-refractivity contribution in [3.05, 3.63) is 51.8 Å². The minimum atomic E-state index is -0.640. The summed E-state index contributed by atoms with van der Waals surface area (Å²) >= 11 is 12.0. The normalized spacial score (nSPS) is 12.7. The second kappa shape index (κ2) is 5.08. The summed E-state index contributed by atoms with van der Waals surface area (Å²) in [6.07, 6.45) is 1.43. The van der Waals surface area contributed by atoms with Crippen molar-refractivity contribution in [2.24, 2.45) is 7.05 Å². The fourth-order valence-electron chi connectivity index (χ4n) is 1.73. The number of benzene rings is 1. The maximum Gasteiger partial charge on any atom is 0.0997 e. The molecule has 0 saturated heterocycles. The summed E-state index contributed by atoms with van der Waals surface area (Å²) in [5.41, 5.74) is 1.58. The molecular weight excluding hydrogens is 259 g/mol. The Balaban J connectivity index is 2.22. The molecule has 0 radical (unpaired) electrons. The van der Waals surface area contributed by atoms with E-state index in [4.69, 9.17) is 23.2 Å². The van der Waals surface area contributed by atoms with E-state index in [1.165, 1.54) is 0 Å². The molecule has 1 aromatic carbocycles. The van der Waals surface area contributed by atoms with Crippen LogP contribution in [0.4, 0.5) is 0 Å². The molecule has 90 valence electrons. The Morgan fingerprint density at radius 1 is 1.35 bits per heavy atom. The van der Waals surface area contributed by atoms with E-state index < -0.39 is 6.10 Å². The monoisotopic (exact) mass is 270 g/mol. The quantitative estimate of drug-likeness (QED) is 0.931. The maximum atomic E-state index is 10.1. The molecule has 0 spiro atoms.